The number of likely N-dealkylation sites (N-methyl/N-ethyl adjacent to an activating group) is 2. The number of hydrogen-bond acceptors (Lipinski definition) is 3. The van der Waals surface area contributed by atoms with E-state index < -0.39 is 5.97 Å². The van der Waals surface area contributed by atoms with Gasteiger partial charge in [0.2, 0.25) is 5.91 Å². The van der Waals surface area contributed by atoms with Gasteiger partial charge >= 0.3 is 12.0 Å². The Morgan fingerprint density at radius 2 is 1.75 bits per heavy atom. The first kappa shape index (κ1) is 18.2. The molecule has 0 rings (SSSR count). The molecular formula is C13H25N3O4. The maximum absolute atomic E-state index is 11.8. The number of carboxylic acids is 1. The Labute approximate surface area is 119 Å². The summed E-state index contributed by atoms with van der Waals surface area (Å²) in [5.74, 6) is -0.998. The molecule has 1 unspecified atom stereocenters. The Bertz CT molecular complexity index is 343. The van der Waals surface area contributed by atoms with E-state index in [-0.39, 0.29) is 30.9 Å². The van der Waals surface area contributed by atoms with E-state index in [0.717, 1.165) is 0 Å². The highest BCUT2D eigenvalue weighted by Gasteiger charge is 2.17. The summed E-state index contributed by atoms with van der Waals surface area (Å²) in [5.41, 5.74) is 0. The van der Waals surface area contributed by atoms with Crippen molar-refractivity contribution in [3.05, 3.63) is 0 Å². The molecule has 0 aromatic rings. The van der Waals surface area contributed by atoms with Gasteiger partial charge in [0.1, 0.15) is 6.54 Å². The van der Waals surface area contributed by atoms with Crippen molar-refractivity contribution in [3.63, 3.8) is 0 Å². The van der Waals surface area contributed by atoms with Crippen LogP contribution in [0.25, 0.3) is 0 Å². The lowest BCUT2D eigenvalue weighted by Gasteiger charge is -2.24. The number of carbonyl (C=O) groups is 3. The molecule has 0 saturated heterocycles. The quantitative estimate of drug-likeness (QED) is 0.689. The van der Waals surface area contributed by atoms with Gasteiger partial charge in [0.15, 0.2) is 0 Å². The number of rotatable bonds is 8. The van der Waals surface area contributed by atoms with Crippen molar-refractivity contribution in [2.75, 3.05) is 26.7 Å². The van der Waals surface area contributed by atoms with Crippen molar-refractivity contribution in [2.24, 2.45) is 0 Å². The molecule has 0 aliphatic rings. The third-order valence-corrected chi connectivity index (χ3v) is 3.00. The average molecular weight is 287 g/mol. The SMILES string of the molecule is CCN(CC)C(=O)CN(C)C(=O)NC(C)CCC(=O)O. The molecule has 0 spiro atoms. The second-order valence-corrected chi connectivity index (χ2v) is 4.71. The topological polar surface area (TPSA) is 90.0 Å². The zero-order valence-electron chi connectivity index (χ0n) is 12.7. The van der Waals surface area contributed by atoms with Gasteiger partial charge in [-0.2, -0.15) is 0 Å². The Balaban J connectivity index is 4.21. The standard InChI is InChI=1S/C13H25N3O4/c1-5-16(6-2)11(17)9-15(4)13(20)14-10(3)7-8-12(18)19/h10H,5-9H2,1-4H3,(H,14,20)(H,18,19). The molecule has 0 aliphatic heterocycles. The summed E-state index contributed by atoms with van der Waals surface area (Å²) in [7, 11) is 1.54. The predicted molar refractivity (Wildman–Crippen MR) is 75.4 cm³/mol. The van der Waals surface area contributed by atoms with Crippen LogP contribution in [0.5, 0.6) is 0 Å². The average Bonchev–Trinajstić information content (AvgIpc) is 2.37. The van der Waals surface area contributed by atoms with E-state index in [1.165, 1.54) is 4.90 Å². The Kier molecular flexibility index (Phi) is 8.35. The molecule has 1 atom stereocenters. The van der Waals surface area contributed by atoms with Crippen molar-refractivity contribution in [1.82, 2.24) is 15.1 Å². The summed E-state index contributed by atoms with van der Waals surface area (Å²) in [6.07, 6.45) is 0.364. The summed E-state index contributed by atoms with van der Waals surface area (Å²) in [6.45, 7) is 6.74. The number of carbonyl (C=O) groups excluding carboxylic acids is 2. The fourth-order valence-corrected chi connectivity index (χ4v) is 1.68. The highest BCUT2D eigenvalue weighted by atomic mass is 16.4. The molecule has 0 saturated carbocycles. The first-order valence-electron chi connectivity index (χ1n) is 6.82. The molecule has 0 aliphatic carbocycles. The molecule has 7 nitrogen and oxygen atoms in total. The Hall–Kier alpha value is -1.79. The van der Waals surface area contributed by atoms with Gasteiger partial charge in [-0.1, -0.05) is 0 Å². The van der Waals surface area contributed by atoms with E-state index in [9.17, 15) is 14.4 Å². The lowest BCUT2D eigenvalue weighted by atomic mass is 10.2. The first-order valence-corrected chi connectivity index (χ1v) is 6.82. The lowest BCUT2D eigenvalue weighted by Crippen LogP contribution is -2.47. The van der Waals surface area contributed by atoms with Gasteiger partial charge in [0.05, 0.1) is 0 Å². The highest BCUT2D eigenvalue weighted by molar-refractivity contribution is 5.84. The molecule has 0 aromatic heterocycles. The van der Waals surface area contributed by atoms with Crippen molar-refractivity contribution in [1.29, 1.82) is 0 Å². The largest absolute Gasteiger partial charge is 0.481 e. The van der Waals surface area contributed by atoms with Gasteiger partial charge in [-0.05, 0) is 27.2 Å². The summed E-state index contributed by atoms with van der Waals surface area (Å²) >= 11 is 0. The van der Waals surface area contributed by atoms with Crippen LogP contribution in [0.4, 0.5) is 4.79 Å². The van der Waals surface area contributed by atoms with Gasteiger partial charge < -0.3 is 20.2 Å². The summed E-state index contributed by atoms with van der Waals surface area (Å²) in [6, 6.07) is -0.618. The van der Waals surface area contributed by atoms with Crippen LogP contribution in [0.3, 0.4) is 0 Å². The highest BCUT2D eigenvalue weighted by Crippen LogP contribution is 1.98. The molecule has 0 fully saturated rings. The first-order chi connectivity index (χ1) is 9.31. The summed E-state index contributed by atoms with van der Waals surface area (Å²) in [5, 5.41) is 11.2. The van der Waals surface area contributed by atoms with Crippen LogP contribution in [0.2, 0.25) is 0 Å². The normalized spacial score (nSPS) is 11.6. The third kappa shape index (κ3) is 6.96. The molecule has 3 amide bonds. The van der Waals surface area contributed by atoms with Crippen LogP contribution >= 0.6 is 0 Å². The zero-order chi connectivity index (χ0) is 15.7. The van der Waals surface area contributed by atoms with Gasteiger partial charge in [0, 0.05) is 32.6 Å². The van der Waals surface area contributed by atoms with Crippen LogP contribution < -0.4 is 5.32 Å². The fraction of sp³-hybridized carbons (Fsp3) is 0.769. The van der Waals surface area contributed by atoms with Crippen molar-refractivity contribution < 1.29 is 19.5 Å². The molecule has 2 N–H and O–H groups in total. The maximum atomic E-state index is 11.8. The number of carboxylic acid groups (broad SMARTS) is 1. The van der Waals surface area contributed by atoms with E-state index >= 15 is 0 Å². The van der Waals surface area contributed by atoms with Crippen molar-refractivity contribution in [3.8, 4) is 0 Å². The Morgan fingerprint density at radius 1 is 1.20 bits per heavy atom. The fourth-order valence-electron chi connectivity index (χ4n) is 1.68. The smallest absolute Gasteiger partial charge is 0.317 e. The van der Waals surface area contributed by atoms with E-state index in [4.69, 9.17) is 5.11 Å². The van der Waals surface area contributed by atoms with Crippen LogP contribution in [0.15, 0.2) is 0 Å². The Morgan fingerprint density at radius 3 is 2.20 bits per heavy atom. The number of aliphatic carboxylic acids is 1. The number of nitrogens with zero attached hydrogens (tertiary/aromatic N) is 2. The molecule has 20 heavy (non-hydrogen) atoms. The van der Waals surface area contributed by atoms with Crippen LogP contribution in [-0.2, 0) is 9.59 Å². The van der Waals surface area contributed by atoms with Crippen molar-refractivity contribution in [2.45, 2.75) is 39.7 Å². The molecule has 0 radical (unpaired) electrons. The zero-order valence-corrected chi connectivity index (χ0v) is 12.7. The second-order valence-electron chi connectivity index (χ2n) is 4.71. The maximum Gasteiger partial charge on any atom is 0.317 e. The second kappa shape index (κ2) is 9.17. The van der Waals surface area contributed by atoms with Gasteiger partial charge in [-0.3, -0.25) is 9.59 Å². The van der Waals surface area contributed by atoms with Crippen LogP contribution in [-0.4, -0.2) is 65.5 Å². The van der Waals surface area contributed by atoms with Gasteiger partial charge in [0.25, 0.3) is 0 Å². The van der Waals surface area contributed by atoms with Crippen LogP contribution in [0.1, 0.15) is 33.6 Å². The van der Waals surface area contributed by atoms with E-state index in [2.05, 4.69) is 5.32 Å². The summed E-state index contributed by atoms with van der Waals surface area (Å²) < 4.78 is 0. The minimum atomic E-state index is -0.892. The van der Waals surface area contributed by atoms with Gasteiger partial charge in [-0.25, -0.2) is 4.79 Å². The minimum absolute atomic E-state index is 0.00351. The molecule has 0 heterocycles. The van der Waals surface area contributed by atoms with Crippen molar-refractivity contribution >= 4 is 17.9 Å². The molecular weight excluding hydrogens is 262 g/mol. The van der Waals surface area contributed by atoms with E-state index in [1.54, 1.807) is 18.9 Å². The number of nitrogens with one attached hydrogen (secondary N) is 1. The molecule has 7 heteroatoms. The van der Waals surface area contributed by atoms with Crippen LogP contribution in [0, 0.1) is 0 Å². The van der Waals surface area contributed by atoms with E-state index in [0.29, 0.717) is 19.5 Å². The van der Waals surface area contributed by atoms with E-state index in [1.807, 2.05) is 13.8 Å². The van der Waals surface area contributed by atoms with Gasteiger partial charge in [-0.15, -0.1) is 0 Å². The minimum Gasteiger partial charge on any atom is -0.481 e. The lowest BCUT2D eigenvalue weighted by molar-refractivity contribution is -0.137. The number of hydrogen-bond donors (Lipinski definition) is 2. The molecule has 0 aromatic carbocycles. The monoisotopic (exact) mass is 287 g/mol. The number of urea groups is 1. The molecule has 0 bridgehead atoms. The third-order valence-electron chi connectivity index (χ3n) is 3.00. The molecule has 116 valence electrons. The summed E-state index contributed by atoms with van der Waals surface area (Å²) in [4.78, 5) is 37.1. The predicted octanol–water partition coefficient (Wildman–Crippen LogP) is 0.750. The number of amides is 3.